The van der Waals surface area contributed by atoms with Crippen molar-refractivity contribution in [2.24, 2.45) is 0 Å². The third kappa shape index (κ3) is 5.39. The molecule has 0 saturated heterocycles. The zero-order valence-electron chi connectivity index (χ0n) is 13.6. The van der Waals surface area contributed by atoms with Gasteiger partial charge in [-0.05, 0) is 24.3 Å². The van der Waals surface area contributed by atoms with Gasteiger partial charge in [-0.1, -0.05) is 36.4 Å². The zero-order valence-corrected chi connectivity index (χ0v) is 14.3. The SMILES string of the molecule is O=CC(F)[C@H](OC(=O)c1ccccc1)[C@@H](Cl)COC(=O)c1ccccc1. The molecule has 2 aromatic carbocycles. The Morgan fingerprint density at radius 3 is 1.96 bits per heavy atom. The largest absolute Gasteiger partial charge is 0.460 e. The highest BCUT2D eigenvalue weighted by Gasteiger charge is 2.33. The molecule has 5 nitrogen and oxygen atoms in total. The van der Waals surface area contributed by atoms with Gasteiger partial charge in [0.25, 0.3) is 0 Å². The van der Waals surface area contributed by atoms with E-state index in [-0.39, 0.29) is 11.8 Å². The Morgan fingerprint density at radius 2 is 1.46 bits per heavy atom. The predicted octanol–water partition coefficient (Wildman–Crippen LogP) is 3.21. The predicted molar refractivity (Wildman–Crippen MR) is 93.0 cm³/mol. The number of esters is 2. The lowest BCUT2D eigenvalue weighted by atomic mass is 10.1. The van der Waals surface area contributed by atoms with Crippen LogP contribution in [-0.2, 0) is 14.3 Å². The number of ether oxygens (including phenoxy) is 2. The summed E-state index contributed by atoms with van der Waals surface area (Å²) in [5.74, 6) is -1.49. The van der Waals surface area contributed by atoms with E-state index in [2.05, 4.69) is 0 Å². The molecule has 0 saturated carbocycles. The first kappa shape index (κ1) is 19.6. The van der Waals surface area contributed by atoms with E-state index in [1.807, 2.05) is 0 Å². The van der Waals surface area contributed by atoms with Crippen molar-refractivity contribution in [1.82, 2.24) is 0 Å². The van der Waals surface area contributed by atoms with Crippen LogP contribution >= 0.6 is 11.6 Å². The smallest absolute Gasteiger partial charge is 0.338 e. The molecule has 1 unspecified atom stereocenters. The highest BCUT2D eigenvalue weighted by Crippen LogP contribution is 2.17. The van der Waals surface area contributed by atoms with Crippen molar-refractivity contribution < 1.29 is 28.2 Å². The van der Waals surface area contributed by atoms with Crippen LogP contribution in [0.25, 0.3) is 0 Å². The van der Waals surface area contributed by atoms with Gasteiger partial charge in [0.15, 0.2) is 18.6 Å². The van der Waals surface area contributed by atoms with Crippen molar-refractivity contribution in [3.05, 3.63) is 71.8 Å². The highest BCUT2D eigenvalue weighted by molar-refractivity contribution is 6.21. The molecule has 7 heteroatoms. The molecule has 2 rings (SSSR count). The molecule has 0 aliphatic heterocycles. The molecule has 0 N–H and O–H groups in total. The number of rotatable bonds is 8. The first-order valence-corrected chi connectivity index (χ1v) is 8.18. The maximum Gasteiger partial charge on any atom is 0.338 e. The van der Waals surface area contributed by atoms with E-state index in [0.717, 1.165) is 0 Å². The van der Waals surface area contributed by atoms with Crippen molar-refractivity contribution in [1.29, 1.82) is 0 Å². The average molecular weight is 379 g/mol. The van der Waals surface area contributed by atoms with E-state index in [9.17, 15) is 18.8 Å². The van der Waals surface area contributed by atoms with Gasteiger partial charge in [0.1, 0.15) is 12.0 Å². The van der Waals surface area contributed by atoms with Crippen molar-refractivity contribution in [3.8, 4) is 0 Å². The van der Waals surface area contributed by atoms with Gasteiger partial charge >= 0.3 is 11.9 Å². The third-order valence-corrected chi connectivity index (χ3v) is 3.81. The van der Waals surface area contributed by atoms with E-state index in [4.69, 9.17) is 21.1 Å². The summed E-state index contributed by atoms with van der Waals surface area (Å²) in [6.07, 6.45) is -3.76. The van der Waals surface area contributed by atoms with Gasteiger partial charge in [-0.15, -0.1) is 11.6 Å². The van der Waals surface area contributed by atoms with Crippen molar-refractivity contribution >= 4 is 29.8 Å². The van der Waals surface area contributed by atoms with Crippen LogP contribution in [0, 0.1) is 0 Å². The number of hydrogen-bond acceptors (Lipinski definition) is 5. The van der Waals surface area contributed by atoms with E-state index in [1.165, 1.54) is 12.1 Å². The second-order valence-corrected chi connectivity index (χ2v) is 5.86. The maximum atomic E-state index is 13.9. The molecule has 136 valence electrons. The van der Waals surface area contributed by atoms with E-state index in [1.54, 1.807) is 48.5 Å². The van der Waals surface area contributed by atoms with Crippen LogP contribution in [0.1, 0.15) is 20.7 Å². The van der Waals surface area contributed by atoms with E-state index < -0.39 is 36.2 Å². The molecule has 0 aliphatic rings. The molecule has 0 aromatic heterocycles. The van der Waals surface area contributed by atoms with Crippen molar-refractivity contribution in [2.45, 2.75) is 17.7 Å². The first-order chi connectivity index (χ1) is 12.5. The summed E-state index contributed by atoms with van der Waals surface area (Å²) in [5.41, 5.74) is 0.474. The van der Waals surface area contributed by atoms with Crippen LogP contribution < -0.4 is 0 Å². The van der Waals surface area contributed by atoms with Gasteiger partial charge in [-0.3, -0.25) is 4.79 Å². The Kier molecular flexibility index (Phi) is 7.29. The summed E-state index contributed by atoms with van der Waals surface area (Å²) in [7, 11) is 0. The molecule has 26 heavy (non-hydrogen) atoms. The Labute approximate surface area is 154 Å². The number of halogens is 2. The molecular formula is C19H16ClFO5. The molecule has 0 amide bonds. The topological polar surface area (TPSA) is 69.7 Å². The molecular weight excluding hydrogens is 363 g/mol. The molecule has 0 heterocycles. The molecule has 0 aliphatic carbocycles. The number of carbonyl (C=O) groups excluding carboxylic acids is 3. The number of hydrogen-bond donors (Lipinski definition) is 0. The molecule has 2 aromatic rings. The zero-order chi connectivity index (χ0) is 18.9. The van der Waals surface area contributed by atoms with Crippen LogP contribution in [0.5, 0.6) is 0 Å². The Hall–Kier alpha value is -2.73. The van der Waals surface area contributed by atoms with Crippen molar-refractivity contribution in [2.75, 3.05) is 6.61 Å². The minimum atomic E-state index is -2.15. The fourth-order valence-electron chi connectivity index (χ4n) is 2.09. The van der Waals surface area contributed by atoms with Crippen LogP contribution in [-0.4, -0.2) is 42.5 Å². The Balaban J connectivity index is 2.00. The van der Waals surface area contributed by atoms with Gasteiger partial charge in [0, 0.05) is 0 Å². The van der Waals surface area contributed by atoms with Gasteiger partial charge in [-0.25, -0.2) is 14.0 Å². The van der Waals surface area contributed by atoms with Crippen LogP contribution in [0.15, 0.2) is 60.7 Å². The summed E-state index contributed by atoms with van der Waals surface area (Å²) in [6.45, 7) is -0.434. The summed E-state index contributed by atoms with van der Waals surface area (Å²) < 4.78 is 23.9. The minimum absolute atomic E-state index is 0.0165. The minimum Gasteiger partial charge on any atom is -0.460 e. The number of aldehydes is 1. The lowest BCUT2D eigenvalue weighted by molar-refractivity contribution is -0.116. The fourth-order valence-corrected chi connectivity index (χ4v) is 2.34. The summed E-state index contributed by atoms with van der Waals surface area (Å²) in [6, 6.07) is 16.0. The van der Waals surface area contributed by atoms with E-state index >= 15 is 0 Å². The Bertz CT molecular complexity index is 738. The lowest BCUT2D eigenvalue weighted by Crippen LogP contribution is -2.40. The standard InChI is InChI=1S/C19H16ClFO5/c20-15(12-25-18(23)13-7-3-1-4-8-13)17(16(21)11-22)26-19(24)14-9-5-2-6-10-14/h1-11,15-17H,12H2/t15-,16?,17+/m0/s1. The average Bonchev–Trinajstić information content (AvgIpc) is 2.70. The molecule has 3 atom stereocenters. The van der Waals surface area contributed by atoms with E-state index in [0.29, 0.717) is 5.56 Å². The monoisotopic (exact) mass is 378 g/mol. The van der Waals surface area contributed by atoms with Gasteiger partial charge < -0.3 is 9.47 Å². The first-order valence-electron chi connectivity index (χ1n) is 7.74. The van der Waals surface area contributed by atoms with Crippen LogP contribution in [0.4, 0.5) is 4.39 Å². The number of alkyl halides is 2. The van der Waals surface area contributed by atoms with Gasteiger partial charge in [0.2, 0.25) is 0 Å². The second kappa shape index (κ2) is 9.68. The van der Waals surface area contributed by atoms with Crippen LogP contribution in [0.3, 0.4) is 0 Å². The quantitative estimate of drug-likeness (QED) is 0.401. The summed E-state index contributed by atoms with van der Waals surface area (Å²) in [4.78, 5) is 34.8. The fraction of sp³-hybridized carbons (Fsp3) is 0.211. The second-order valence-electron chi connectivity index (χ2n) is 5.30. The summed E-state index contributed by atoms with van der Waals surface area (Å²) in [5, 5.41) is -1.24. The third-order valence-electron chi connectivity index (χ3n) is 3.44. The number of carbonyl (C=O) groups is 3. The maximum absolute atomic E-state index is 13.9. The number of benzene rings is 2. The van der Waals surface area contributed by atoms with Crippen LogP contribution in [0.2, 0.25) is 0 Å². The molecule has 0 fully saturated rings. The summed E-state index contributed by atoms with van der Waals surface area (Å²) >= 11 is 6.03. The molecule has 0 radical (unpaired) electrons. The molecule has 0 bridgehead atoms. The van der Waals surface area contributed by atoms with Gasteiger partial charge in [0.05, 0.1) is 11.1 Å². The van der Waals surface area contributed by atoms with Gasteiger partial charge in [-0.2, -0.15) is 0 Å². The van der Waals surface area contributed by atoms with Crippen molar-refractivity contribution in [3.63, 3.8) is 0 Å². The Morgan fingerprint density at radius 1 is 0.962 bits per heavy atom. The molecule has 0 spiro atoms. The lowest BCUT2D eigenvalue weighted by Gasteiger charge is -2.23. The highest BCUT2D eigenvalue weighted by atomic mass is 35.5. The normalized spacial score (nSPS) is 13.9.